The Kier molecular flexibility index (Phi) is 7.27. The molecule has 2 aliphatic rings. The van der Waals surface area contributed by atoms with E-state index in [0.717, 1.165) is 55.7 Å². The largest absolute Gasteiger partial charge is 0.456 e. The predicted molar refractivity (Wildman–Crippen MR) is 243 cm³/mol. The number of hydrogen-bond acceptors (Lipinski definition) is 4. The zero-order chi connectivity index (χ0) is 39.2. The summed E-state index contributed by atoms with van der Waals surface area (Å²) < 4.78 is 9.14. The Morgan fingerprint density at radius 3 is 2.08 bits per heavy atom. The monoisotopic (exact) mass is 758 g/mol. The Bertz CT molecular complexity index is 3370. The molecule has 1 unspecified atom stereocenters. The molecule has 5 heteroatoms. The van der Waals surface area contributed by atoms with Crippen molar-refractivity contribution in [1.82, 2.24) is 9.88 Å². The Labute approximate surface area is 341 Å². The van der Waals surface area contributed by atoms with Crippen LogP contribution in [0.15, 0.2) is 196 Å². The molecule has 2 aromatic heterocycles. The van der Waals surface area contributed by atoms with Crippen LogP contribution in [0.25, 0.3) is 71.7 Å². The average Bonchev–Trinajstić information content (AvgIpc) is 3.91. The third-order valence-electron chi connectivity index (χ3n) is 12.5. The Balaban J connectivity index is 0.998. The van der Waals surface area contributed by atoms with E-state index < -0.39 is 0 Å². The van der Waals surface area contributed by atoms with Crippen LogP contribution in [0.4, 0.5) is 0 Å². The molecule has 0 fully saturated rings. The fraction of sp³-hybridized carbons (Fsp3) is 0.0741. The molecule has 1 aliphatic heterocycles. The summed E-state index contributed by atoms with van der Waals surface area (Å²) in [4.78, 5) is 10.4. The first-order valence-electron chi connectivity index (χ1n) is 20.3. The van der Waals surface area contributed by atoms with Crippen molar-refractivity contribution in [1.29, 1.82) is 0 Å². The number of fused-ring (bicyclic) bond motifs is 9. The second-order valence-corrected chi connectivity index (χ2v) is 16.2. The van der Waals surface area contributed by atoms with Crippen LogP contribution < -0.4 is 5.32 Å². The van der Waals surface area contributed by atoms with Gasteiger partial charge in [0.1, 0.15) is 23.2 Å². The highest BCUT2D eigenvalue weighted by atomic mass is 16.3. The van der Waals surface area contributed by atoms with Crippen LogP contribution in [-0.4, -0.2) is 16.2 Å². The summed E-state index contributed by atoms with van der Waals surface area (Å²) in [5.41, 5.74) is 15.7. The molecule has 0 radical (unpaired) electrons. The zero-order valence-corrected chi connectivity index (χ0v) is 32.6. The molecular formula is C54H38N4O. The maximum absolute atomic E-state index is 6.75. The van der Waals surface area contributed by atoms with Gasteiger partial charge in [-0.1, -0.05) is 153 Å². The minimum Gasteiger partial charge on any atom is -0.456 e. The van der Waals surface area contributed by atoms with E-state index in [-0.39, 0.29) is 11.6 Å². The van der Waals surface area contributed by atoms with Gasteiger partial charge in [0.2, 0.25) is 0 Å². The van der Waals surface area contributed by atoms with Crippen molar-refractivity contribution in [2.45, 2.75) is 25.4 Å². The lowest BCUT2D eigenvalue weighted by Gasteiger charge is -2.24. The summed E-state index contributed by atoms with van der Waals surface area (Å²) in [6, 6.07) is 64.7. The number of nitrogens with zero attached hydrogens (tertiary/aromatic N) is 3. The highest BCUT2D eigenvalue weighted by molar-refractivity contribution is 6.22. The minimum atomic E-state index is -0.318. The van der Waals surface area contributed by atoms with Crippen molar-refractivity contribution in [3.63, 3.8) is 0 Å². The van der Waals surface area contributed by atoms with Crippen molar-refractivity contribution in [3.05, 3.63) is 210 Å². The predicted octanol–water partition coefficient (Wildman–Crippen LogP) is 13.2. The second-order valence-electron chi connectivity index (χ2n) is 16.2. The van der Waals surface area contributed by atoms with Gasteiger partial charge in [0.15, 0.2) is 5.84 Å². The molecule has 12 rings (SSSR count). The van der Waals surface area contributed by atoms with Crippen molar-refractivity contribution in [2.75, 3.05) is 0 Å². The van der Waals surface area contributed by atoms with Gasteiger partial charge in [0.25, 0.3) is 0 Å². The maximum Gasteiger partial charge on any atom is 0.159 e. The van der Waals surface area contributed by atoms with E-state index in [1.165, 1.54) is 49.6 Å². The quantitative estimate of drug-likeness (QED) is 0.190. The van der Waals surface area contributed by atoms with Gasteiger partial charge in [-0.15, -0.1) is 0 Å². The van der Waals surface area contributed by atoms with Crippen LogP contribution in [0.1, 0.15) is 47.8 Å². The van der Waals surface area contributed by atoms with Crippen LogP contribution in [0.5, 0.6) is 0 Å². The van der Waals surface area contributed by atoms with Gasteiger partial charge in [-0.2, -0.15) is 0 Å². The van der Waals surface area contributed by atoms with E-state index >= 15 is 0 Å². The van der Waals surface area contributed by atoms with Gasteiger partial charge in [-0.3, -0.25) is 0 Å². The van der Waals surface area contributed by atoms with E-state index in [9.17, 15) is 0 Å². The normalized spacial score (nSPS) is 15.6. The van der Waals surface area contributed by atoms with Gasteiger partial charge in [0, 0.05) is 49.8 Å². The summed E-state index contributed by atoms with van der Waals surface area (Å²) in [5.74, 6) is 1.44. The number of hydrogen-bond donors (Lipinski definition) is 1. The summed E-state index contributed by atoms with van der Waals surface area (Å²) in [5, 5.41) is 8.25. The SMILES string of the molecule is CC1(C)c2ccccc2-c2cc3c(cc21)c1ccccc1n3-c1ccc2c(c1)oc1cccc(C3=NC(c4ccc(-c5ccccc5)cc4)=NC(c4ccccc4)N3)c12. The van der Waals surface area contributed by atoms with E-state index in [4.69, 9.17) is 14.4 Å². The Morgan fingerprint density at radius 2 is 1.24 bits per heavy atom. The molecule has 280 valence electrons. The fourth-order valence-corrected chi connectivity index (χ4v) is 9.56. The standard InChI is InChI=1S/C54H38N4O/c1-54(2)44-21-11-9-18-38(44)42-32-47-43(31-45(42)54)39-19-10-12-22-46(39)58(47)37-28-29-40-49(30-37)59-48-23-13-20-41(50(40)48)53-56-51(35-16-7-4-8-17-35)55-52(57-53)36-26-24-34(25-27-36)33-14-5-3-6-15-33/h3-32,51H,1-2H3,(H,55,56,57). The number of amidine groups is 2. The first-order chi connectivity index (χ1) is 29.0. The third-order valence-corrected chi connectivity index (χ3v) is 12.5. The average molecular weight is 759 g/mol. The number of furan rings is 1. The number of nitrogens with one attached hydrogen (secondary N) is 1. The number of para-hydroxylation sites is 1. The topological polar surface area (TPSA) is 54.8 Å². The van der Waals surface area contributed by atoms with Gasteiger partial charge in [0.05, 0.1) is 11.0 Å². The molecule has 0 amide bonds. The molecule has 1 atom stereocenters. The zero-order valence-electron chi connectivity index (χ0n) is 32.6. The second kappa shape index (κ2) is 12.8. The number of benzene rings is 8. The van der Waals surface area contributed by atoms with Crippen LogP contribution >= 0.6 is 0 Å². The molecule has 3 heterocycles. The smallest absolute Gasteiger partial charge is 0.159 e. The first kappa shape index (κ1) is 33.6. The van der Waals surface area contributed by atoms with Crippen molar-refractivity contribution in [2.24, 2.45) is 9.98 Å². The summed E-state index contributed by atoms with van der Waals surface area (Å²) in [7, 11) is 0. The van der Waals surface area contributed by atoms with E-state index in [1.54, 1.807) is 0 Å². The number of rotatable bonds is 5. The molecular weight excluding hydrogens is 721 g/mol. The molecule has 0 spiro atoms. The lowest BCUT2D eigenvalue weighted by atomic mass is 9.82. The summed E-state index contributed by atoms with van der Waals surface area (Å²) >= 11 is 0. The highest BCUT2D eigenvalue weighted by Gasteiger charge is 2.36. The number of aromatic nitrogens is 1. The van der Waals surface area contributed by atoms with Gasteiger partial charge in [-0.05, 0) is 75.3 Å². The van der Waals surface area contributed by atoms with Crippen LogP contribution in [0.2, 0.25) is 0 Å². The Hall–Kier alpha value is -7.50. The molecule has 10 aromatic rings. The minimum absolute atomic E-state index is 0.0770. The van der Waals surface area contributed by atoms with Crippen molar-refractivity contribution in [3.8, 4) is 27.9 Å². The van der Waals surface area contributed by atoms with E-state index in [1.807, 2.05) is 12.1 Å². The van der Waals surface area contributed by atoms with E-state index in [0.29, 0.717) is 5.84 Å². The van der Waals surface area contributed by atoms with Crippen LogP contribution in [0, 0.1) is 0 Å². The van der Waals surface area contributed by atoms with Gasteiger partial charge >= 0.3 is 0 Å². The first-order valence-corrected chi connectivity index (χ1v) is 20.3. The number of aliphatic imine (C=N–C) groups is 2. The molecule has 0 saturated carbocycles. The molecule has 1 aliphatic carbocycles. The van der Waals surface area contributed by atoms with Crippen LogP contribution in [-0.2, 0) is 5.41 Å². The summed E-state index contributed by atoms with van der Waals surface area (Å²) in [6.45, 7) is 4.69. The third kappa shape index (κ3) is 5.18. The van der Waals surface area contributed by atoms with E-state index in [2.05, 4.69) is 194 Å². The fourth-order valence-electron chi connectivity index (χ4n) is 9.56. The summed E-state index contributed by atoms with van der Waals surface area (Å²) in [6.07, 6.45) is -0.318. The lowest BCUT2D eigenvalue weighted by molar-refractivity contribution is 0.661. The molecule has 5 nitrogen and oxygen atoms in total. The van der Waals surface area contributed by atoms with Crippen molar-refractivity contribution >= 4 is 55.4 Å². The van der Waals surface area contributed by atoms with Crippen molar-refractivity contribution < 1.29 is 4.42 Å². The molecule has 0 saturated heterocycles. The maximum atomic E-state index is 6.75. The molecule has 0 bridgehead atoms. The highest BCUT2D eigenvalue weighted by Crippen LogP contribution is 2.51. The molecule has 1 N–H and O–H groups in total. The van der Waals surface area contributed by atoms with Gasteiger partial charge in [-0.25, -0.2) is 9.98 Å². The molecule has 8 aromatic carbocycles. The molecule has 59 heavy (non-hydrogen) atoms. The Morgan fingerprint density at radius 1 is 0.525 bits per heavy atom. The van der Waals surface area contributed by atoms with Crippen LogP contribution in [0.3, 0.4) is 0 Å². The van der Waals surface area contributed by atoms with Gasteiger partial charge < -0.3 is 14.3 Å². The lowest BCUT2D eigenvalue weighted by Crippen LogP contribution is -2.33.